The highest BCUT2D eigenvalue weighted by Crippen LogP contribution is 2.35. The lowest BCUT2D eigenvalue weighted by Gasteiger charge is -2.20. The summed E-state index contributed by atoms with van der Waals surface area (Å²) < 4.78 is 17.9. The van der Waals surface area contributed by atoms with Gasteiger partial charge in [-0.1, -0.05) is 35.5 Å². The SMILES string of the molecule is CCOc1nc2c(C(=O)c3ccccc3)cc(-c3c(C)noc3C)cc2n1C(=O)OC(C)(C)C. The molecule has 176 valence electrons. The minimum Gasteiger partial charge on any atom is -0.465 e. The number of fused-ring (bicyclic) bond motifs is 1. The second-order valence-electron chi connectivity index (χ2n) is 8.93. The van der Waals surface area contributed by atoms with Gasteiger partial charge in [-0.15, -0.1) is 0 Å². The van der Waals surface area contributed by atoms with Crippen LogP contribution in [0.15, 0.2) is 47.0 Å². The molecular formula is C26H27N3O5. The highest BCUT2D eigenvalue weighted by molar-refractivity contribution is 6.17. The maximum atomic E-state index is 13.6. The fourth-order valence-electron chi connectivity index (χ4n) is 3.82. The second kappa shape index (κ2) is 8.78. The van der Waals surface area contributed by atoms with Gasteiger partial charge in [-0.25, -0.2) is 4.79 Å². The monoisotopic (exact) mass is 461 g/mol. The van der Waals surface area contributed by atoms with Gasteiger partial charge in [-0.2, -0.15) is 9.55 Å². The van der Waals surface area contributed by atoms with Gasteiger partial charge in [0.05, 0.1) is 23.4 Å². The van der Waals surface area contributed by atoms with Crippen molar-refractivity contribution in [2.75, 3.05) is 6.61 Å². The van der Waals surface area contributed by atoms with Crippen molar-refractivity contribution in [3.8, 4) is 17.1 Å². The Morgan fingerprint density at radius 1 is 1.09 bits per heavy atom. The van der Waals surface area contributed by atoms with Gasteiger partial charge in [0, 0.05) is 11.1 Å². The fraction of sp³-hybridized carbons (Fsp3) is 0.308. The van der Waals surface area contributed by atoms with Gasteiger partial charge in [-0.3, -0.25) is 4.79 Å². The van der Waals surface area contributed by atoms with E-state index in [0.717, 1.165) is 5.56 Å². The predicted molar refractivity (Wildman–Crippen MR) is 127 cm³/mol. The van der Waals surface area contributed by atoms with Gasteiger partial charge in [0.25, 0.3) is 0 Å². The Kier molecular flexibility index (Phi) is 6.00. The summed E-state index contributed by atoms with van der Waals surface area (Å²) in [5.74, 6) is 0.374. The van der Waals surface area contributed by atoms with E-state index in [1.165, 1.54) is 4.57 Å². The zero-order chi connectivity index (χ0) is 24.6. The molecule has 0 spiro atoms. The standard InChI is InChI=1S/C26H27N3O5/c1-7-32-24-27-22-19(23(30)17-11-9-8-10-12-17)13-18(21-15(2)28-34-16(21)3)14-20(22)29(24)25(31)33-26(4,5)6/h8-14H,7H2,1-6H3. The minimum atomic E-state index is -0.737. The van der Waals surface area contributed by atoms with Gasteiger partial charge in [0.2, 0.25) is 0 Å². The fourth-order valence-corrected chi connectivity index (χ4v) is 3.82. The lowest BCUT2D eigenvalue weighted by atomic mass is 9.96. The molecule has 0 unspecified atom stereocenters. The van der Waals surface area contributed by atoms with Crippen LogP contribution in [0.1, 0.15) is 55.1 Å². The van der Waals surface area contributed by atoms with Crippen LogP contribution in [0.4, 0.5) is 4.79 Å². The molecule has 0 atom stereocenters. The topological polar surface area (TPSA) is 96.5 Å². The predicted octanol–water partition coefficient (Wildman–Crippen LogP) is 5.72. The summed E-state index contributed by atoms with van der Waals surface area (Å²) in [7, 11) is 0. The smallest absolute Gasteiger partial charge is 0.423 e. The summed E-state index contributed by atoms with van der Waals surface area (Å²) >= 11 is 0. The van der Waals surface area contributed by atoms with E-state index in [4.69, 9.17) is 14.0 Å². The third-order valence-electron chi connectivity index (χ3n) is 5.18. The van der Waals surface area contributed by atoms with Crippen LogP contribution in [0, 0.1) is 13.8 Å². The van der Waals surface area contributed by atoms with Crippen molar-refractivity contribution in [1.82, 2.24) is 14.7 Å². The zero-order valence-electron chi connectivity index (χ0n) is 20.1. The second-order valence-corrected chi connectivity index (χ2v) is 8.93. The quantitative estimate of drug-likeness (QED) is 0.351. The first-order valence-corrected chi connectivity index (χ1v) is 11.1. The zero-order valence-corrected chi connectivity index (χ0v) is 20.1. The number of ketones is 1. The number of nitrogens with zero attached hydrogens (tertiary/aromatic N) is 3. The number of rotatable bonds is 5. The van der Waals surface area contributed by atoms with Gasteiger partial charge < -0.3 is 14.0 Å². The molecule has 0 aliphatic heterocycles. The van der Waals surface area contributed by atoms with Crippen LogP contribution >= 0.6 is 0 Å². The number of carbonyl (C=O) groups is 2. The van der Waals surface area contributed by atoms with E-state index in [9.17, 15) is 9.59 Å². The Bertz CT molecular complexity index is 1360. The van der Waals surface area contributed by atoms with E-state index in [1.807, 2.05) is 13.0 Å². The van der Waals surface area contributed by atoms with E-state index < -0.39 is 11.7 Å². The van der Waals surface area contributed by atoms with Crippen LogP contribution in [0.2, 0.25) is 0 Å². The Morgan fingerprint density at radius 2 is 1.79 bits per heavy atom. The molecule has 0 amide bonds. The van der Waals surface area contributed by atoms with Gasteiger partial charge in [0.1, 0.15) is 16.9 Å². The molecule has 8 heteroatoms. The summed E-state index contributed by atoms with van der Waals surface area (Å²) in [5.41, 5.74) is 2.94. The van der Waals surface area contributed by atoms with E-state index >= 15 is 0 Å². The van der Waals surface area contributed by atoms with Crippen molar-refractivity contribution in [3.63, 3.8) is 0 Å². The van der Waals surface area contributed by atoms with Crippen molar-refractivity contribution in [2.45, 2.75) is 47.1 Å². The number of imidazole rings is 1. The molecule has 0 bridgehead atoms. The number of carbonyl (C=O) groups excluding carboxylic acids is 2. The lowest BCUT2D eigenvalue weighted by Crippen LogP contribution is -2.27. The minimum absolute atomic E-state index is 0.0600. The number of aryl methyl sites for hydroxylation is 2. The van der Waals surface area contributed by atoms with Gasteiger partial charge in [-0.05, 0) is 59.2 Å². The molecule has 0 saturated heterocycles. The first kappa shape index (κ1) is 23.2. The average molecular weight is 462 g/mol. The summed E-state index contributed by atoms with van der Waals surface area (Å²) in [4.78, 5) is 31.3. The Morgan fingerprint density at radius 3 is 2.38 bits per heavy atom. The van der Waals surface area contributed by atoms with E-state index in [2.05, 4.69) is 10.1 Å². The summed E-state index contributed by atoms with van der Waals surface area (Å²) in [6, 6.07) is 12.5. The highest BCUT2D eigenvalue weighted by Gasteiger charge is 2.28. The first-order valence-electron chi connectivity index (χ1n) is 11.1. The van der Waals surface area contributed by atoms with Crippen molar-refractivity contribution in [2.24, 2.45) is 0 Å². The highest BCUT2D eigenvalue weighted by atomic mass is 16.6. The van der Waals surface area contributed by atoms with Crippen LogP contribution < -0.4 is 4.74 Å². The molecule has 0 aliphatic rings. The number of hydrogen-bond donors (Lipinski definition) is 0. The molecule has 2 aromatic carbocycles. The van der Waals surface area contributed by atoms with Crippen LogP contribution in [-0.2, 0) is 4.74 Å². The molecule has 4 aromatic rings. The number of ether oxygens (including phenoxy) is 2. The Balaban J connectivity index is 2.04. The van der Waals surface area contributed by atoms with Crippen LogP contribution in [0.3, 0.4) is 0 Å². The first-order chi connectivity index (χ1) is 16.1. The van der Waals surface area contributed by atoms with Crippen LogP contribution in [-0.4, -0.2) is 38.8 Å². The van der Waals surface area contributed by atoms with Crippen molar-refractivity contribution < 1.29 is 23.6 Å². The van der Waals surface area contributed by atoms with Crippen molar-refractivity contribution >= 4 is 22.9 Å². The molecule has 34 heavy (non-hydrogen) atoms. The average Bonchev–Trinajstić information content (AvgIpc) is 3.31. The summed E-state index contributed by atoms with van der Waals surface area (Å²) in [5, 5.41) is 4.05. The van der Waals surface area contributed by atoms with Crippen LogP contribution in [0.5, 0.6) is 6.01 Å². The largest absolute Gasteiger partial charge is 0.465 e. The molecule has 8 nitrogen and oxygen atoms in total. The molecule has 0 saturated carbocycles. The number of benzene rings is 2. The summed E-state index contributed by atoms with van der Waals surface area (Å²) in [6.07, 6.45) is -0.646. The molecule has 2 aromatic heterocycles. The summed E-state index contributed by atoms with van der Waals surface area (Å²) in [6.45, 7) is 11.0. The van der Waals surface area contributed by atoms with Gasteiger partial charge in [0.15, 0.2) is 5.78 Å². The maximum Gasteiger partial charge on any atom is 0.423 e. The molecule has 0 fully saturated rings. The van der Waals surface area contributed by atoms with Gasteiger partial charge >= 0.3 is 12.1 Å². The maximum absolute atomic E-state index is 13.6. The number of hydrogen-bond acceptors (Lipinski definition) is 7. The van der Waals surface area contributed by atoms with Crippen LogP contribution in [0.25, 0.3) is 22.2 Å². The Labute approximate surface area is 197 Å². The molecule has 4 rings (SSSR count). The van der Waals surface area contributed by atoms with E-state index in [-0.39, 0.29) is 18.4 Å². The van der Waals surface area contributed by atoms with Crippen molar-refractivity contribution in [3.05, 3.63) is 65.0 Å². The Hall–Kier alpha value is -3.94. The normalized spacial score (nSPS) is 11.6. The number of aromatic nitrogens is 3. The molecule has 0 radical (unpaired) electrons. The van der Waals surface area contributed by atoms with E-state index in [0.29, 0.717) is 39.2 Å². The van der Waals surface area contributed by atoms with Crippen molar-refractivity contribution in [1.29, 1.82) is 0 Å². The lowest BCUT2D eigenvalue weighted by molar-refractivity contribution is 0.0527. The molecular weight excluding hydrogens is 434 g/mol. The third-order valence-corrected chi connectivity index (χ3v) is 5.18. The molecule has 0 aliphatic carbocycles. The molecule has 0 N–H and O–H groups in total. The molecule has 2 heterocycles. The van der Waals surface area contributed by atoms with E-state index in [1.54, 1.807) is 71.0 Å². The third kappa shape index (κ3) is 4.31.